The molecule has 0 atom stereocenters. The van der Waals surface area contributed by atoms with E-state index in [4.69, 9.17) is 4.74 Å². The lowest BCUT2D eigenvalue weighted by Crippen LogP contribution is -2.22. The Morgan fingerprint density at radius 1 is 0.510 bits per heavy atom. The lowest BCUT2D eigenvalue weighted by Gasteiger charge is -2.31. The molecule has 0 spiro atoms. The van der Waals surface area contributed by atoms with Crippen molar-refractivity contribution in [3.05, 3.63) is 140 Å². The summed E-state index contributed by atoms with van der Waals surface area (Å²) in [7, 11) is 1.64. The van der Waals surface area contributed by atoms with Gasteiger partial charge < -0.3 is 9.64 Å². The molecule has 5 aromatic carbocycles. The van der Waals surface area contributed by atoms with Crippen LogP contribution in [-0.2, 0) is 21.7 Å². The first-order valence-electron chi connectivity index (χ1n) is 17.6. The third kappa shape index (κ3) is 8.15. The summed E-state index contributed by atoms with van der Waals surface area (Å²) in [6.07, 6.45) is 0. The van der Waals surface area contributed by atoms with Crippen LogP contribution in [0.3, 0.4) is 0 Å². The van der Waals surface area contributed by atoms with Gasteiger partial charge in [0.15, 0.2) is 0 Å². The van der Waals surface area contributed by atoms with E-state index in [1.54, 1.807) is 13.2 Å². The van der Waals surface area contributed by atoms with Gasteiger partial charge in [-0.2, -0.15) is 0 Å². The van der Waals surface area contributed by atoms with E-state index in [-0.39, 0.29) is 22.1 Å². The molecule has 5 aromatic rings. The van der Waals surface area contributed by atoms with Gasteiger partial charge in [-0.25, -0.2) is 4.39 Å². The molecular weight excluding hydrogens is 761 g/mol. The maximum Gasteiger partial charge on any atom is 0.133 e. The van der Waals surface area contributed by atoms with Crippen LogP contribution < -0.4 is 9.64 Å². The van der Waals surface area contributed by atoms with Crippen LogP contribution in [0.15, 0.2) is 106 Å². The zero-order valence-corrected chi connectivity index (χ0v) is 35.4. The molecule has 0 saturated carbocycles. The van der Waals surface area contributed by atoms with Crippen molar-refractivity contribution >= 4 is 48.9 Å². The first-order chi connectivity index (χ1) is 23.6. The van der Waals surface area contributed by atoms with Gasteiger partial charge in [-0.1, -0.05) is 113 Å². The van der Waals surface area contributed by atoms with Crippen LogP contribution in [0.4, 0.5) is 21.5 Å². The van der Waals surface area contributed by atoms with Gasteiger partial charge in [-0.3, -0.25) is 0 Å². The predicted molar refractivity (Wildman–Crippen MR) is 223 cm³/mol. The van der Waals surface area contributed by atoms with E-state index in [1.165, 1.54) is 16.7 Å². The zero-order valence-electron chi connectivity index (χ0n) is 32.2. The highest BCUT2D eigenvalue weighted by molar-refractivity contribution is 9.13. The van der Waals surface area contributed by atoms with Crippen molar-refractivity contribution in [1.82, 2.24) is 0 Å². The Hall–Kier alpha value is -3.41. The van der Waals surface area contributed by atoms with E-state index < -0.39 is 5.41 Å². The third-order valence-corrected chi connectivity index (χ3v) is 12.0. The first-order valence-corrected chi connectivity index (χ1v) is 19.2. The minimum absolute atomic E-state index is 0.0234. The van der Waals surface area contributed by atoms with E-state index in [0.29, 0.717) is 16.9 Å². The maximum atomic E-state index is 16.6. The van der Waals surface area contributed by atoms with E-state index in [2.05, 4.69) is 186 Å². The second-order valence-electron chi connectivity index (χ2n) is 17.2. The second-order valence-corrected chi connectivity index (χ2v) is 18.9. The van der Waals surface area contributed by atoms with E-state index in [1.807, 2.05) is 18.2 Å². The van der Waals surface area contributed by atoms with Gasteiger partial charge in [0.25, 0.3) is 0 Å². The Bertz CT molecular complexity index is 1970. The summed E-state index contributed by atoms with van der Waals surface area (Å²) in [5.74, 6) is 0.305. The van der Waals surface area contributed by atoms with Gasteiger partial charge in [0.1, 0.15) is 11.6 Å². The quantitative estimate of drug-likeness (QED) is 0.162. The number of methoxy groups -OCH3 is 1. The molecule has 0 radical (unpaired) electrons. The monoisotopic (exact) mass is 811 g/mol. The van der Waals surface area contributed by atoms with Gasteiger partial charge in [0.05, 0.1) is 7.11 Å². The van der Waals surface area contributed by atoms with Gasteiger partial charge in [0, 0.05) is 42.5 Å². The maximum absolute atomic E-state index is 16.6. The third-order valence-electron chi connectivity index (χ3n) is 9.97. The fourth-order valence-corrected chi connectivity index (χ4v) is 7.65. The van der Waals surface area contributed by atoms with Crippen molar-refractivity contribution in [1.29, 1.82) is 0 Å². The summed E-state index contributed by atoms with van der Waals surface area (Å²) in [6.45, 7) is 24.4. The summed E-state index contributed by atoms with van der Waals surface area (Å²) < 4.78 is 24.5. The van der Waals surface area contributed by atoms with Gasteiger partial charge in [-0.05, 0) is 137 Å². The predicted octanol–water partition coefficient (Wildman–Crippen LogP) is 14.7. The Labute approximate surface area is 322 Å². The molecule has 0 heterocycles. The Kier molecular flexibility index (Phi) is 10.8. The van der Waals surface area contributed by atoms with Gasteiger partial charge in [0.2, 0.25) is 0 Å². The van der Waals surface area contributed by atoms with Crippen LogP contribution in [0.2, 0.25) is 0 Å². The van der Waals surface area contributed by atoms with Crippen LogP contribution in [0.1, 0.15) is 104 Å². The number of benzene rings is 5. The van der Waals surface area contributed by atoms with Crippen LogP contribution in [0, 0.1) is 5.82 Å². The van der Waals surface area contributed by atoms with Crippen molar-refractivity contribution in [2.45, 2.75) is 97.8 Å². The van der Waals surface area contributed by atoms with Gasteiger partial charge >= 0.3 is 0 Å². The number of rotatable bonds is 7. The Morgan fingerprint density at radius 3 is 1.43 bits per heavy atom. The molecule has 0 N–H and O–H groups in total. The molecule has 2 nitrogen and oxygen atoms in total. The average Bonchev–Trinajstić information content (AvgIpc) is 3.05. The lowest BCUT2D eigenvalue weighted by atomic mass is 9.75. The summed E-state index contributed by atoms with van der Waals surface area (Å²) in [4.78, 5) is 2.13. The van der Waals surface area contributed by atoms with Crippen molar-refractivity contribution < 1.29 is 9.13 Å². The number of nitrogens with zero attached hydrogens (tertiary/aromatic N) is 1. The number of hydrogen-bond donors (Lipinski definition) is 0. The van der Waals surface area contributed by atoms with Crippen LogP contribution in [-0.4, -0.2) is 7.11 Å². The van der Waals surface area contributed by atoms with E-state index in [9.17, 15) is 0 Å². The number of halogens is 3. The molecule has 5 heteroatoms. The highest BCUT2D eigenvalue weighted by Gasteiger charge is 2.30. The SMILES string of the molecule is COc1ccc(C(C)(C)c2cc(C(C)(C)C)cc(Br)c2Br)cc1-c1ccc(N(c2ccc(C(C)(C)C)cc2)c2ccc(C(C)(C)C)cc2)cc1F. The second kappa shape index (κ2) is 14.2. The smallest absolute Gasteiger partial charge is 0.133 e. The first kappa shape index (κ1) is 38.8. The van der Waals surface area contributed by atoms with Gasteiger partial charge in [-0.15, -0.1) is 0 Å². The lowest BCUT2D eigenvalue weighted by molar-refractivity contribution is 0.415. The fraction of sp³-hybridized carbons (Fsp3) is 0.348. The van der Waals surface area contributed by atoms with Crippen LogP contribution >= 0.6 is 31.9 Å². The molecule has 5 rings (SSSR count). The van der Waals surface area contributed by atoms with Crippen molar-refractivity contribution in [3.63, 3.8) is 0 Å². The molecule has 0 fully saturated rings. The van der Waals surface area contributed by atoms with E-state index in [0.717, 1.165) is 37.1 Å². The minimum Gasteiger partial charge on any atom is -0.496 e. The van der Waals surface area contributed by atoms with Crippen molar-refractivity contribution in [3.8, 4) is 16.9 Å². The summed E-state index contributed by atoms with van der Waals surface area (Å²) in [6, 6.07) is 33.3. The molecule has 0 saturated heterocycles. The van der Waals surface area contributed by atoms with Crippen molar-refractivity contribution in [2.24, 2.45) is 0 Å². The molecular formula is C46H52Br2FNO. The highest BCUT2D eigenvalue weighted by Crippen LogP contribution is 2.45. The normalized spacial score (nSPS) is 12.6. The summed E-state index contributed by atoms with van der Waals surface area (Å²) in [5.41, 5.74) is 9.43. The molecule has 0 bridgehead atoms. The summed E-state index contributed by atoms with van der Waals surface area (Å²) >= 11 is 7.66. The van der Waals surface area contributed by atoms with E-state index >= 15 is 4.39 Å². The molecule has 0 aliphatic rings. The number of anilines is 3. The molecule has 0 aliphatic carbocycles. The molecule has 268 valence electrons. The Balaban J connectivity index is 1.62. The number of hydrogen-bond acceptors (Lipinski definition) is 2. The topological polar surface area (TPSA) is 12.5 Å². The fourth-order valence-electron chi connectivity index (χ4n) is 6.47. The van der Waals surface area contributed by atoms with Crippen LogP contribution in [0.25, 0.3) is 11.1 Å². The Morgan fingerprint density at radius 2 is 0.980 bits per heavy atom. The standard InChI is InChI=1S/C46H52Br2FNO/c1-43(2,3)29-13-18-33(19-14-29)50(34-20-15-30(16-21-34)44(4,5)6)35-22-23-36(40(49)28-35)37-25-31(17-24-41(37)51-12)46(10,11)38-26-32(45(7,8)9)27-39(47)42(38)48/h13-28H,1-12H3. The summed E-state index contributed by atoms with van der Waals surface area (Å²) in [5, 5.41) is 0. The highest BCUT2D eigenvalue weighted by atomic mass is 79.9. The molecule has 0 aromatic heterocycles. The average molecular weight is 814 g/mol. The molecule has 51 heavy (non-hydrogen) atoms. The van der Waals surface area contributed by atoms with Crippen LogP contribution in [0.5, 0.6) is 5.75 Å². The molecule has 0 unspecified atom stereocenters. The largest absolute Gasteiger partial charge is 0.496 e. The minimum atomic E-state index is -0.407. The van der Waals surface area contributed by atoms with Crippen molar-refractivity contribution in [2.75, 3.05) is 12.0 Å². The number of ether oxygens (including phenoxy) is 1. The zero-order chi connectivity index (χ0) is 37.7. The molecule has 0 aliphatic heterocycles. The molecule has 0 amide bonds.